The van der Waals surface area contributed by atoms with Crippen LogP contribution in [0.25, 0.3) is 22.2 Å². The summed E-state index contributed by atoms with van der Waals surface area (Å²) in [6.45, 7) is 0. The summed E-state index contributed by atoms with van der Waals surface area (Å²) in [5, 5.41) is 11.9. The van der Waals surface area contributed by atoms with Crippen LogP contribution in [0.4, 0.5) is 0 Å². The third kappa shape index (κ3) is 2.41. The van der Waals surface area contributed by atoms with Crippen molar-refractivity contribution in [1.29, 1.82) is 0 Å². The highest BCUT2D eigenvalue weighted by atomic mass is 16.5. The Morgan fingerprint density at radius 3 is 2.57 bits per heavy atom. The number of aromatic nitrogens is 2. The van der Waals surface area contributed by atoms with Crippen LogP contribution in [0.3, 0.4) is 0 Å². The second kappa shape index (κ2) is 5.20. The molecule has 3 aromatic rings. The molecule has 2 heterocycles. The predicted molar refractivity (Wildman–Crippen MR) is 75.9 cm³/mol. The maximum atomic E-state index is 11.4. The lowest BCUT2D eigenvalue weighted by Crippen LogP contribution is -2.22. The molecule has 5 nitrogen and oxygen atoms in total. The van der Waals surface area contributed by atoms with Gasteiger partial charge in [-0.05, 0) is 36.4 Å². The molecule has 0 bridgehead atoms. The van der Waals surface area contributed by atoms with E-state index in [-0.39, 0.29) is 5.56 Å². The van der Waals surface area contributed by atoms with E-state index < -0.39 is 5.97 Å². The number of aromatic carboxylic acids is 1. The molecule has 0 aliphatic carbocycles. The highest BCUT2D eigenvalue weighted by Gasteiger charge is 2.09. The van der Waals surface area contributed by atoms with Crippen LogP contribution in [0, 0.1) is 0 Å². The molecule has 0 radical (unpaired) electrons. The molecule has 0 unspecified atom stereocenters. The molecule has 0 saturated carbocycles. The van der Waals surface area contributed by atoms with Gasteiger partial charge in [0.15, 0.2) is 0 Å². The molecule has 0 aliphatic rings. The SMILES string of the molecule is COc1ccc2nc(-c3ccncc3)cc(C(=O)[O-])c2c1. The fourth-order valence-corrected chi connectivity index (χ4v) is 2.17. The fourth-order valence-electron chi connectivity index (χ4n) is 2.17. The summed E-state index contributed by atoms with van der Waals surface area (Å²) in [4.78, 5) is 19.8. The zero-order valence-electron chi connectivity index (χ0n) is 11.2. The minimum absolute atomic E-state index is 0.0886. The van der Waals surface area contributed by atoms with Crippen LogP contribution in [0.2, 0.25) is 0 Å². The molecule has 21 heavy (non-hydrogen) atoms. The molecular weight excluding hydrogens is 268 g/mol. The minimum Gasteiger partial charge on any atom is -0.545 e. The number of rotatable bonds is 3. The number of hydrogen-bond donors (Lipinski definition) is 0. The first-order chi connectivity index (χ1) is 10.2. The average Bonchev–Trinajstić information content (AvgIpc) is 2.54. The van der Waals surface area contributed by atoms with Gasteiger partial charge < -0.3 is 14.6 Å². The molecule has 1 aromatic carbocycles. The molecule has 0 atom stereocenters. The number of hydrogen-bond acceptors (Lipinski definition) is 5. The lowest BCUT2D eigenvalue weighted by Gasteiger charge is -2.11. The summed E-state index contributed by atoms with van der Waals surface area (Å²) in [7, 11) is 1.53. The van der Waals surface area contributed by atoms with E-state index in [4.69, 9.17) is 4.74 Å². The van der Waals surface area contributed by atoms with Crippen LogP contribution in [0.15, 0.2) is 48.8 Å². The number of benzene rings is 1. The van der Waals surface area contributed by atoms with Crippen molar-refractivity contribution in [2.24, 2.45) is 0 Å². The van der Waals surface area contributed by atoms with Gasteiger partial charge in [-0.2, -0.15) is 0 Å². The highest BCUT2D eigenvalue weighted by molar-refractivity contribution is 6.03. The maximum absolute atomic E-state index is 11.4. The number of ether oxygens (including phenoxy) is 1. The fraction of sp³-hybridized carbons (Fsp3) is 0.0625. The molecule has 3 rings (SSSR count). The number of carbonyl (C=O) groups is 1. The second-order valence-corrected chi connectivity index (χ2v) is 4.46. The number of fused-ring (bicyclic) bond motifs is 1. The van der Waals surface area contributed by atoms with E-state index in [9.17, 15) is 9.90 Å². The Morgan fingerprint density at radius 2 is 1.90 bits per heavy atom. The Kier molecular flexibility index (Phi) is 3.23. The predicted octanol–water partition coefficient (Wildman–Crippen LogP) is 1.67. The number of nitrogens with zero attached hydrogens (tertiary/aromatic N) is 2. The van der Waals surface area contributed by atoms with Gasteiger partial charge in [-0.3, -0.25) is 4.98 Å². The number of methoxy groups -OCH3 is 1. The monoisotopic (exact) mass is 279 g/mol. The smallest absolute Gasteiger partial charge is 0.119 e. The van der Waals surface area contributed by atoms with Gasteiger partial charge in [0.2, 0.25) is 0 Å². The van der Waals surface area contributed by atoms with Crippen LogP contribution >= 0.6 is 0 Å². The van der Waals surface area contributed by atoms with Crippen LogP contribution in [0.1, 0.15) is 10.4 Å². The normalized spacial score (nSPS) is 10.5. The largest absolute Gasteiger partial charge is 0.545 e. The van der Waals surface area contributed by atoms with Gasteiger partial charge in [0, 0.05) is 28.9 Å². The van der Waals surface area contributed by atoms with E-state index in [2.05, 4.69) is 9.97 Å². The standard InChI is InChI=1S/C16H12N2O3/c1-21-11-2-3-14-12(8-11)13(16(19)20)9-15(18-14)10-4-6-17-7-5-10/h2-9H,1H3,(H,19,20)/p-1. The molecule has 0 amide bonds. The number of carbonyl (C=O) groups excluding carboxylic acids is 1. The van der Waals surface area contributed by atoms with E-state index >= 15 is 0 Å². The van der Waals surface area contributed by atoms with Gasteiger partial charge in [-0.15, -0.1) is 0 Å². The van der Waals surface area contributed by atoms with E-state index in [0.29, 0.717) is 22.3 Å². The molecule has 0 saturated heterocycles. The van der Waals surface area contributed by atoms with Crippen molar-refractivity contribution >= 4 is 16.9 Å². The molecule has 5 heteroatoms. The number of carboxylic acids is 1. The minimum atomic E-state index is -1.24. The molecule has 0 fully saturated rings. The van der Waals surface area contributed by atoms with Crippen molar-refractivity contribution < 1.29 is 14.6 Å². The van der Waals surface area contributed by atoms with E-state index in [1.54, 1.807) is 42.7 Å². The Labute approximate surface area is 120 Å². The summed E-state index contributed by atoms with van der Waals surface area (Å²) in [5.41, 5.74) is 2.02. The lowest BCUT2D eigenvalue weighted by atomic mass is 10.0. The lowest BCUT2D eigenvalue weighted by molar-refractivity contribution is -0.254. The molecule has 0 N–H and O–H groups in total. The van der Waals surface area contributed by atoms with Gasteiger partial charge in [0.05, 0.1) is 24.3 Å². The molecule has 0 spiro atoms. The number of carboxylic acid groups (broad SMARTS) is 1. The van der Waals surface area contributed by atoms with Crippen molar-refractivity contribution in [2.75, 3.05) is 7.11 Å². The van der Waals surface area contributed by atoms with Crippen LogP contribution in [0.5, 0.6) is 5.75 Å². The molecule has 0 aliphatic heterocycles. The first-order valence-corrected chi connectivity index (χ1v) is 6.29. The van der Waals surface area contributed by atoms with E-state index in [0.717, 1.165) is 5.56 Å². The van der Waals surface area contributed by atoms with Crippen LogP contribution in [-0.2, 0) is 0 Å². The van der Waals surface area contributed by atoms with E-state index in [1.165, 1.54) is 13.2 Å². The van der Waals surface area contributed by atoms with Crippen LogP contribution in [-0.4, -0.2) is 23.0 Å². The van der Waals surface area contributed by atoms with Crippen molar-refractivity contribution in [3.05, 3.63) is 54.4 Å². The summed E-state index contributed by atoms with van der Waals surface area (Å²) in [6.07, 6.45) is 3.27. The topological polar surface area (TPSA) is 75.1 Å². The van der Waals surface area contributed by atoms with Crippen molar-refractivity contribution in [3.63, 3.8) is 0 Å². The number of pyridine rings is 2. The zero-order chi connectivity index (χ0) is 14.8. The van der Waals surface area contributed by atoms with Gasteiger partial charge in [0.25, 0.3) is 0 Å². The van der Waals surface area contributed by atoms with Gasteiger partial charge in [-0.1, -0.05) is 0 Å². The second-order valence-electron chi connectivity index (χ2n) is 4.46. The first-order valence-electron chi connectivity index (χ1n) is 6.29. The van der Waals surface area contributed by atoms with E-state index in [1.807, 2.05) is 0 Å². The summed E-state index contributed by atoms with van der Waals surface area (Å²) in [6, 6.07) is 10.2. The Morgan fingerprint density at radius 1 is 1.14 bits per heavy atom. The van der Waals surface area contributed by atoms with Gasteiger partial charge in [-0.25, -0.2) is 4.98 Å². The third-order valence-corrected chi connectivity index (χ3v) is 3.21. The summed E-state index contributed by atoms with van der Waals surface area (Å²) < 4.78 is 5.12. The van der Waals surface area contributed by atoms with Crippen molar-refractivity contribution in [2.45, 2.75) is 0 Å². The Bertz CT molecular complexity index is 816. The highest BCUT2D eigenvalue weighted by Crippen LogP contribution is 2.27. The van der Waals surface area contributed by atoms with Crippen LogP contribution < -0.4 is 9.84 Å². The quantitative estimate of drug-likeness (QED) is 0.729. The molecular formula is C16H11N2O3-. The summed E-state index contributed by atoms with van der Waals surface area (Å²) in [5.74, 6) is -0.672. The van der Waals surface area contributed by atoms with Gasteiger partial charge >= 0.3 is 0 Å². The molecule has 104 valence electrons. The van der Waals surface area contributed by atoms with Gasteiger partial charge in [0.1, 0.15) is 5.75 Å². The maximum Gasteiger partial charge on any atom is 0.119 e. The van der Waals surface area contributed by atoms with Crippen molar-refractivity contribution in [3.8, 4) is 17.0 Å². The van der Waals surface area contributed by atoms with Crippen molar-refractivity contribution in [1.82, 2.24) is 9.97 Å². The molecule has 2 aromatic heterocycles. The Balaban J connectivity index is 2.29. The summed E-state index contributed by atoms with van der Waals surface area (Å²) >= 11 is 0. The zero-order valence-corrected chi connectivity index (χ0v) is 11.2. The average molecular weight is 279 g/mol. The Hall–Kier alpha value is -2.95. The first kappa shape index (κ1) is 13.1. The third-order valence-electron chi connectivity index (χ3n) is 3.21.